The van der Waals surface area contributed by atoms with E-state index in [1.807, 2.05) is 12.2 Å². The SMILES string of the molecule is CC(=O)[C@H]1[C@@H](C(=O)O)[C@H]2C=C[C@@H]1C2. The lowest BCUT2D eigenvalue weighted by atomic mass is 9.81. The van der Waals surface area contributed by atoms with E-state index in [4.69, 9.17) is 5.11 Å². The van der Waals surface area contributed by atoms with Gasteiger partial charge >= 0.3 is 5.97 Å². The summed E-state index contributed by atoms with van der Waals surface area (Å²) in [6.45, 7) is 1.50. The molecular formula is C10H12O3. The molecule has 3 heteroatoms. The lowest BCUT2D eigenvalue weighted by Gasteiger charge is -2.21. The smallest absolute Gasteiger partial charge is 0.307 e. The quantitative estimate of drug-likeness (QED) is 0.647. The molecule has 0 aromatic rings. The lowest BCUT2D eigenvalue weighted by Crippen LogP contribution is -2.31. The molecule has 13 heavy (non-hydrogen) atoms. The van der Waals surface area contributed by atoms with Crippen molar-refractivity contribution in [2.24, 2.45) is 23.7 Å². The molecule has 0 saturated heterocycles. The van der Waals surface area contributed by atoms with Gasteiger partial charge in [0, 0.05) is 5.92 Å². The van der Waals surface area contributed by atoms with Gasteiger partial charge in [-0.05, 0) is 25.2 Å². The Kier molecular flexibility index (Phi) is 1.75. The number of carbonyl (C=O) groups is 2. The maximum absolute atomic E-state index is 11.3. The monoisotopic (exact) mass is 180 g/mol. The molecule has 0 spiro atoms. The first-order chi connectivity index (χ1) is 6.11. The van der Waals surface area contributed by atoms with Crippen LogP contribution in [0.2, 0.25) is 0 Å². The number of carboxylic acids is 1. The number of carbonyl (C=O) groups excluding carboxylic acids is 1. The van der Waals surface area contributed by atoms with E-state index >= 15 is 0 Å². The predicted octanol–water partition coefficient (Wildman–Crippen LogP) is 1.10. The number of rotatable bonds is 2. The number of carboxylic acid groups (broad SMARTS) is 1. The maximum Gasteiger partial charge on any atom is 0.307 e. The number of fused-ring (bicyclic) bond motifs is 2. The summed E-state index contributed by atoms with van der Waals surface area (Å²) in [6.07, 6.45) is 4.79. The van der Waals surface area contributed by atoms with Crippen LogP contribution in [0.1, 0.15) is 13.3 Å². The van der Waals surface area contributed by atoms with E-state index in [0.717, 1.165) is 6.42 Å². The number of Topliss-reactive ketones (excluding diaryl/α,β-unsaturated/α-hetero) is 1. The van der Waals surface area contributed by atoms with Gasteiger partial charge in [0.1, 0.15) is 5.78 Å². The minimum Gasteiger partial charge on any atom is -0.481 e. The van der Waals surface area contributed by atoms with Crippen molar-refractivity contribution in [3.05, 3.63) is 12.2 Å². The summed E-state index contributed by atoms with van der Waals surface area (Å²) in [6, 6.07) is 0. The highest BCUT2D eigenvalue weighted by molar-refractivity contribution is 5.86. The van der Waals surface area contributed by atoms with Gasteiger partial charge in [-0.3, -0.25) is 9.59 Å². The third-order valence-electron chi connectivity index (χ3n) is 3.21. The first kappa shape index (κ1) is 8.48. The number of aliphatic carboxylic acids is 1. The summed E-state index contributed by atoms with van der Waals surface area (Å²) in [7, 11) is 0. The molecule has 2 aliphatic rings. The molecule has 4 atom stereocenters. The molecule has 1 N–H and O–H groups in total. The van der Waals surface area contributed by atoms with Crippen molar-refractivity contribution >= 4 is 11.8 Å². The molecule has 3 nitrogen and oxygen atoms in total. The van der Waals surface area contributed by atoms with Gasteiger partial charge in [-0.1, -0.05) is 12.2 Å². The van der Waals surface area contributed by atoms with Gasteiger partial charge in [-0.25, -0.2) is 0 Å². The van der Waals surface area contributed by atoms with E-state index < -0.39 is 11.9 Å². The Balaban J connectivity index is 2.30. The van der Waals surface area contributed by atoms with E-state index in [-0.39, 0.29) is 23.5 Å². The number of allylic oxidation sites excluding steroid dienone is 2. The Labute approximate surface area is 76.4 Å². The van der Waals surface area contributed by atoms with Gasteiger partial charge in [0.2, 0.25) is 0 Å². The first-order valence-electron chi connectivity index (χ1n) is 4.53. The Bertz CT molecular complexity index is 265. The molecule has 2 rings (SSSR count). The molecule has 0 amide bonds. The van der Waals surface area contributed by atoms with Gasteiger partial charge in [0.15, 0.2) is 0 Å². The number of hydrogen-bond donors (Lipinski definition) is 1. The molecule has 0 radical (unpaired) electrons. The molecule has 70 valence electrons. The van der Waals surface area contributed by atoms with E-state index in [9.17, 15) is 9.59 Å². The largest absolute Gasteiger partial charge is 0.481 e. The van der Waals surface area contributed by atoms with Crippen LogP contribution in [0.25, 0.3) is 0 Å². The summed E-state index contributed by atoms with van der Waals surface area (Å²) in [5, 5.41) is 8.97. The Morgan fingerprint density at radius 2 is 1.77 bits per heavy atom. The average Bonchev–Trinajstić information content (AvgIpc) is 2.60. The zero-order chi connectivity index (χ0) is 9.59. The molecule has 0 unspecified atom stereocenters. The minimum atomic E-state index is -0.822. The second kappa shape index (κ2) is 2.69. The van der Waals surface area contributed by atoms with Crippen molar-refractivity contribution in [2.45, 2.75) is 13.3 Å². The fourth-order valence-corrected chi connectivity index (χ4v) is 2.71. The van der Waals surface area contributed by atoms with Gasteiger partial charge in [0.25, 0.3) is 0 Å². The van der Waals surface area contributed by atoms with Gasteiger partial charge in [0.05, 0.1) is 5.92 Å². The van der Waals surface area contributed by atoms with Crippen LogP contribution in [0.3, 0.4) is 0 Å². The molecule has 0 aromatic carbocycles. The van der Waals surface area contributed by atoms with E-state index in [1.54, 1.807) is 0 Å². The molecule has 2 bridgehead atoms. The van der Waals surface area contributed by atoms with Crippen molar-refractivity contribution in [3.63, 3.8) is 0 Å². The van der Waals surface area contributed by atoms with Gasteiger partial charge in [-0.15, -0.1) is 0 Å². The van der Waals surface area contributed by atoms with E-state index in [2.05, 4.69) is 0 Å². The van der Waals surface area contributed by atoms with Crippen LogP contribution in [0.4, 0.5) is 0 Å². The van der Waals surface area contributed by atoms with Crippen molar-refractivity contribution in [3.8, 4) is 0 Å². The Morgan fingerprint density at radius 3 is 2.15 bits per heavy atom. The maximum atomic E-state index is 11.3. The van der Waals surface area contributed by atoms with Crippen LogP contribution in [-0.4, -0.2) is 16.9 Å². The van der Waals surface area contributed by atoms with Crippen LogP contribution in [0, 0.1) is 23.7 Å². The lowest BCUT2D eigenvalue weighted by molar-refractivity contribution is -0.147. The normalized spacial score (nSPS) is 41.0. The summed E-state index contributed by atoms with van der Waals surface area (Å²) in [4.78, 5) is 22.2. The zero-order valence-corrected chi connectivity index (χ0v) is 7.43. The fourth-order valence-electron chi connectivity index (χ4n) is 2.71. The highest BCUT2D eigenvalue weighted by atomic mass is 16.4. The summed E-state index contributed by atoms with van der Waals surface area (Å²) >= 11 is 0. The van der Waals surface area contributed by atoms with E-state index in [0.29, 0.717) is 0 Å². The van der Waals surface area contributed by atoms with Crippen LogP contribution < -0.4 is 0 Å². The highest BCUT2D eigenvalue weighted by Crippen LogP contribution is 2.48. The molecule has 0 heterocycles. The second-order valence-electron chi connectivity index (χ2n) is 3.95. The van der Waals surface area contributed by atoms with Crippen molar-refractivity contribution in [1.29, 1.82) is 0 Å². The third-order valence-corrected chi connectivity index (χ3v) is 3.21. The molecule has 0 aromatic heterocycles. The highest BCUT2D eigenvalue weighted by Gasteiger charge is 2.50. The van der Waals surface area contributed by atoms with Gasteiger partial charge < -0.3 is 5.11 Å². The molecule has 1 saturated carbocycles. The third kappa shape index (κ3) is 1.10. The minimum absolute atomic E-state index is 0.0178. The van der Waals surface area contributed by atoms with Crippen LogP contribution in [0.5, 0.6) is 0 Å². The van der Waals surface area contributed by atoms with Gasteiger partial charge in [-0.2, -0.15) is 0 Å². The molecular weight excluding hydrogens is 168 g/mol. The first-order valence-corrected chi connectivity index (χ1v) is 4.53. The molecule has 2 aliphatic carbocycles. The topological polar surface area (TPSA) is 54.4 Å². The van der Waals surface area contributed by atoms with Crippen molar-refractivity contribution < 1.29 is 14.7 Å². The zero-order valence-electron chi connectivity index (χ0n) is 7.43. The van der Waals surface area contributed by atoms with E-state index in [1.165, 1.54) is 6.92 Å². The predicted molar refractivity (Wildman–Crippen MR) is 46.0 cm³/mol. The second-order valence-corrected chi connectivity index (χ2v) is 3.95. The van der Waals surface area contributed by atoms with Crippen molar-refractivity contribution in [1.82, 2.24) is 0 Å². The summed E-state index contributed by atoms with van der Waals surface area (Å²) in [5.74, 6) is -1.26. The average molecular weight is 180 g/mol. The molecule has 0 aliphatic heterocycles. The fraction of sp³-hybridized carbons (Fsp3) is 0.600. The number of ketones is 1. The standard InChI is InChI=1S/C10H12O3/c1-5(11)8-6-2-3-7(4-6)9(8)10(12)13/h2-3,6-9H,4H2,1H3,(H,12,13)/t6-,7+,8-,9+/m1/s1. The van der Waals surface area contributed by atoms with Crippen LogP contribution in [-0.2, 0) is 9.59 Å². The number of hydrogen-bond acceptors (Lipinski definition) is 2. The summed E-state index contributed by atoms with van der Waals surface area (Å²) in [5.41, 5.74) is 0. The van der Waals surface area contributed by atoms with Crippen LogP contribution >= 0.6 is 0 Å². The Hall–Kier alpha value is -1.12. The van der Waals surface area contributed by atoms with Crippen LogP contribution in [0.15, 0.2) is 12.2 Å². The Morgan fingerprint density at radius 1 is 1.23 bits per heavy atom. The molecule has 1 fully saturated rings. The van der Waals surface area contributed by atoms with Crippen molar-refractivity contribution in [2.75, 3.05) is 0 Å². The summed E-state index contributed by atoms with van der Waals surface area (Å²) < 4.78 is 0.